The first-order valence-electron chi connectivity index (χ1n) is 9.73. The molecule has 0 spiro atoms. The fourth-order valence-corrected chi connectivity index (χ4v) is 3.59. The Bertz CT molecular complexity index is 1150. The minimum atomic E-state index is -0.674. The average molecular weight is 467 g/mol. The predicted molar refractivity (Wildman–Crippen MR) is 124 cm³/mol. The van der Waals surface area contributed by atoms with Crippen LogP contribution in [0.25, 0.3) is 0 Å². The summed E-state index contributed by atoms with van der Waals surface area (Å²) in [5.74, 6) is 0.0145. The van der Waals surface area contributed by atoms with E-state index < -0.39 is 11.9 Å². The number of urea groups is 1. The molecule has 0 bridgehead atoms. The summed E-state index contributed by atoms with van der Waals surface area (Å²) in [6.07, 6.45) is 1.57. The first-order chi connectivity index (χ1) is 15.9. The molecule has 3 N–H and O–H groups in total. The highest BCUT2D eigenvalue weighted by molar-refractivity contribution is 7.99. The van der Waals surface area contributed by atoms with Gasteiger partial charge in [-0.1, -0.05) is 11.8 Å². The van der Waals surface area contributed by atoms with Crippen LogP contribution in [0.3, 0.4) is 0 Å². The van der Waals surface area contributed by atoms with Gasteiger partial charge in [0.2, 0.25) is 0 Å². The molecule has 0 saturated carbocycles. The lowest BCUT2D eigenvalue weighted by Crippen LogP contribution is -2.34. The molecule has 1 heterocycles. The molecule has 0 atom stereocenters. The number of nitrogens with zero attached hydrogens (tertiary/aromatic N) is 1. The zero-order valence-electron chi connectivity index (χ0n) is 18.2. The summed E-state index contributed by atoms with van der Waals surface area (Å²) in [4.78, 5) is 42.2. The number of benzene rings is 2. The van der Waals surface area contributed by atoms with Gasteiger partial charge in [0.25, 0.3) is 11.8 Å². The predicted octanol–water partition coefficient (Wildman–Crippen LogP) is 3.57. The molecule has 0 aliphatic carbocycles. The molecule has 10 heteroatoms. The van der Waals surface area contributed by atoms with Crippen LogP contribution in [0, 0.1) is 0 Å². The molecule has 0 unspecified atom stereocenters. The van der Waals surface area contributed by atoms with Gasteiger partial charge in [-0.3, -0.25) is 19.9 Å². The van der Waals surface area contributed by atoms with E-state index in [0.717, 1.165) is 9.79 Å². The van der Waals surface area contributed by atoms with Crippen molar-refractivity contribution in [2.75, 3.05) is 26.6 Å². The van der Waals surface area contributed by atoms with Crippen molar-refractivity contribution in [3.05, 3.63) is 72.1 Å². The molecule has 4 amide bonds. The Balaban J connectivity index is 1.60. The SMILES string of the molecule is CNC(=O)c1cc(Sc2ccc(NC(=O)NC(=O)c3cc(OC)cc(OC)c3)cc2)ccn1. The molecule has 0 fully saturated rings. The minimum Gasteiger partial charge on any atom is -0.497 e. The summed E-state index contributed by atoms with van der Waals surface area (Å²) >= 11 is 1.45. The van der Waals surface area contributed by atoms with E-state index in [1.807, 2.05) is 12.1 Å². The van der Waals surface area contributed by atoms with Crippen LogP contribution < -0.4 is 25.4 Å². The van der Waals surface area contributed by atoms with Gasteiger partial charge >= 0.3 is 6.03 Å². The van der Waals surface area contributed by atoms with Crippen LogP contribution in [0.1, 0.15) is 20.8 Å². The Morgan fingerprint density at radius 3 is 2.12 bits per heavy atom. The molecule has 2 aromatic carbocycles. The highest BCUT2D eigenvalue weighted by Gasteiger charge is 2.13. The van der Waals surface area contributed by atoms with E-state index >= 15 is 0 Å². The normalized spacial score (nSPS) is 10.2. The second-order valence-electron chi connectivity index (χ2n) is 6.59. The summed E-state index contributed by atoms with van der Waals surface area (Å²) in [6.45, 7) is 0. The lowest BCUT2D eigenvalue weighted by molar-refractivity contribution is 0.0952. The van der Waals surface area contributed by atoms with E-state index in [2.05, 4.69) is 20.9 Å². The molecule has 0 radical (unpaired) electrons. The van der Waals surface area contributed by atoms with E-state index in [1.165, 1.54) is 38.1 Å². The number of aromatic nitrogens is 1. The van der Waals surface area contributed by atoms with Gasteiger partial charge in [-0.25, -0.2) is 4.79 Å². The number of carbonyl (C=O) groups excluding carboxylic acids is 3. The quantitative estimate of drug-likeness (QED) is 0.487. The number of carbonyl (C=O) groups is 3. The second kappa shape index (κ2) is 11.0. The fourth-order valence-electron chi connectivity index (χ4n) is 2.75. The third kappa shape index (κ3) is 6.47. The maximum Gasteiger partial charge on any atom is 0.326 e. The second-order valence-corrected chi connectivity index (χ2v) is 7.74. The Morgan fingerprint density at radius 2 is 1.52 bits per heavy atom. The molecule has 3 aromatic rings. The first-order valence-corrected chi connectivity index (χ1v) is 10.5. The van der Waals surface area contributed by atoms with Crippen LogP contribution in [0.5, 0.6) is 11.5 Å². The third-order valence-corrected chi connectivity index (χ3v) is 5.38. The number of pyridine rings is 1. The van der Waals surface area contributed by atoms with Crippen LogP contribution in [0.4, 0.5) is 10.5 Å². The standard InChI is InChI=1S/C23H22N4O5S/c1-24-22(29)20-13-19(8-9-25-20)33-18-6-4-15(5-7-18)26-23(30)27-21(28)14-10-16(31-2)12-17(11-14)32-3/h4-13H,1-3H3,(H,24,29)(H2,26,27,28,30). The zero-order valence-corrected chi connectivity index (χ0v) is 19.0. The molecular formula is C23H22N4O5S. The summed E-state index contributed by atoms with van der Waals surface area (Å²) in [7, 11) is 4.49. The van der Waals surface area contributed by atoms with E-state index in [0.29, 0.717) is 22.9 Å². The number of nitrogens with one attached hydrogen (secondary N) is 3. The Labute approximate surface area is 194 Å². The Kier molecular flexibility index (Phi) is 7.87. The number of imide groups is 1. The summed E-state index contributed by atoms with van der Waals surface area (Å²) < 4.78 is 10.3. The van der Waals surface area contributed by atoms with Crippen molar-refractivity contribution in [2.45, 2.75) is 9.79 Å². The molecule has 0 aliphatic rings. The van der Waals surface area contributed by atoms with Crippen molar-refractivity contribution in [2.24, 2.45) is 0 Å². The summed E-state index contributed by atoms with van der Waals surface area (Å²) in [5, 5.41) is 7.43. The number of hydrogen-bond donors (Lipinski definition) is 3. The van der Waals surface area contributed by atoms with E-state index in [9.17, 15) is 14.4 Å². The largest absolute Gasteiger partial charge is 0.497 e. The highest BCUT2D eigenvalue weighted by Crippen LogP contribution is 2.28. The Morgan fingerprint density at radius 1 is 0.848 bits per heavy atom. The van der Waals surface area contributed by atoms with Crippen LogP contribution in [0.2, 0.25) is 0 Å². The van der Waals surface area contributed by atoms with Gasteiger partial charge in [0.15, 0.2) is 0 Å². The van der Waals surface area contributed by atoms with Crippen molar-refractivity contribution in [1.82, 2.24) is 15.6 Å². The van der Waals surface area contributed by atoms with Crippen molar-refractivity contribution in [3.8, 4) is 11.5 Å². The fraction of sp³-hybridized carbons (Fsp3) is 0.130. The van der Waals surface area contributed by atoms with Crippen molar-refractivity contribution in [3.63, 3.8) is 0 Å². The van der Waals surface area contributed by atoms with Crippen molar-refractivity contribution in [1.29, 1.82) is 0 Å². The molecule has 9 nitrogen and oxygen atoms in total. The van der Waals surface area contributed by atoms with Crippen LogP contribution in [0.15, 0.2) is 70.6 Å². The lowest BCUT2D eigenvalue weighted by Gasteiger charge is -2.10. The molecule has 0 aliphatic heterocycles. The van der Waals surface area contributed by atoms with Crippen LogP contribution in [-0.4, -0.2) is 44.1 Å². The number of methoxy groups -OCH3 is 2. The molecular weight excluding hydrogens is 444 g/mol. The van der Waals surface area contributed by atoms with E-state index in [1.54, 1.807) is 43.6 Å². The van der Waals surface area contributed by atoms with Gasteiger partial charge in [-0.05, 0) is 48.5 Å². The highest BCUT2D eigenvalue weighted by atomic mass is 32.2. The number of hydrogen-bond acceptors (Lipinski definition) is 7. The summed E-state index contributed by atoms with van der Waals surface area (Å²) in [6, 6.07) is 14.5. The van der Waals surface area contributed by atoms with E-state index in [4.69, 9.17) is 9.47 Å². The van der Waals surface area contributed by atoms with Crippen molar-refractivity contribution < 1.29 is 23.9 Å². The molecule has 1 aromatic heterocycles. The molecule has 33 heavy (non-hydrogen) atoms. The van der Waals surface area contributed by atoms with Crippen molar-refractivity contribution >= 4 is 35.3 Å². The molecule has 3 rings (SSSR count). The number of amides is 4. The zero-order chi connectivity index (χ0) is 23.8. The third-order valence-electron chi connectivity index (χ3n) is 4.38. The topological polar surface area (TPSA) is 119 Å². The number of anilines is 1. The monoisotopic (exact) mass is 466 g/mol. The maximum absolute atomic E-state index is 12.4. The van der Waals surface area contributed by atoms with Gasteiger partial charge in [0.05, 0.1) is 14.2 Å². The van der Waals surface area contributed by atoms with Crippen LogP contribution >= 0.6 is 11.8 Å². The first kappa shape index (κ1) is 23.6. The lowest BCUT2D eigenvalue weighted by atomic mass is 10.2. The molecule has 170 valence electrons. The van der Waals surface area contributed by atoms with Gasteiger partial charge < -0.3 is 20.1 Å². The number of rotatable bonds is 7. The van der Waals surface area contributed by atoms with Gasteiger partial charge in [0, 0.05) is 40.4 Å². The molecule has 0 saturated heterocycles. The van der Waals surface area contributed by atoms with Crippen LogP contribution in [-0.2, 0) is 0 Å². The Hall–Kier alpha value is -4.05. The number of ether oxygens (including phenoxy) is 2. The minimum absolute atomic E-state index is 0.224. The van der Waals surface area contributed by atoms with Gasteiger partial charge in [-0.15, -0.1) is 0 Å². The van der Waals surface area contributed by atoms with E-state index in [-0.39, 0.29) is 11.5 Å². The summed E-state index contributed by atoms with van der Waals surface area (Å²) in [5.41, 5.74) is 1.06. The average Bonchev–Trinajstić information content (AvgIpc) is 2.84. The van der Waals surface area contributed by atoms with Gasteiger partial charge in [0.1, 0.15) is 17.2 Å². The smallest absolute Gasteiger partial charge is 0.326 e. The maximum atomic E-state index is 12.4. The van der Waals surface area contributed by atoms with Gasteiger partial charge in [-0.2, -0.15) is 0 Å².